The van der Waals surface area contributed by atoms with E-state index in [0.29, 0.717) is 10.4 Å². The summed E-state index contributed by atoms with van der Waals surface area (Å²) >= 11 is 6.24. The number of aromatic nitrogens is 7. The lowest BCUT2D eigenvalue weighted by molar-refractivity contribution is -0.145. The smallest absolute Gasteiger partial charge is 0.320 e. The van der Waals surface area contributed by atoms with Crippen molar-refractivity contribution in [3.05, 3.63) is 76.0 Å². The van der Waals surface area contributed by atoms with Crippen LogP contribution in [0.25, 0.3) is 5.82 Å². The zero-order valence-electron chi connectivity index (χ0n) is 19.9. The fraction of sp³-hybridized carbons (Fsp3) is 0.190. The van der Waals surface area contributed by atoms with Crippen molar-refractivity contribution < 1.29 is 31.2 Å². The van der Waals surface area contributed by atoms with Crippen LogP contribution in [-0.2, 0) is 22.7 Å². The number of anilines is 1. The highest BCUT2D eigenvalue weighted by atomic mass is 35.5. The first-order valence-corrected chi connectivity index (χ1v) is 13.0. The molecule has 0 radical (unpaired) electrons. The van der Waals surface area contributed by atoms with E-state index in [0.717, 1.165) is 10.9 Å². The van der Waals surface area contributed by atoms with Crippen LogP contribution in [0.3, 0.4) is 0 Å². The number of hydrogen-bond acceptors (Lipinski definition) is 9. The Hall–Kier alpha value is -4.38. The second-order valence-corrected chi connectivity index (χ2v) is 10.2. The van der Waals surface area contributed by atoms with Gasteiger partial charge in [0.25, 0.3) is 17.6 Å². The predicted molar refractivity (Wildman–Crippen MR) is 130 cm³/mol. The van der Waals surface area contributed by atoms with Crippen molar-refractivity contribution in [3.63, 3.8) is 0 Å². The van der Waals surface area contributed by atoms with E-state index >= 15 is 0 Å². The summed E-state index contributed by atoms with van der Waals surface area (Å²) in [5.74, 6) is -3.22. The third-order valence-corrected chi connectivity index (χ3v) is 5.83. The SMILES string of the molecule is Cc1cccc(C(=O)NS(C)(=O)=O)c1NC(=O)c1cc(Cn2nnc(C(F)(F)F)n2)nn1-c1ncccc1Cl. The molecule has 0 spiro atoms. The van der Waals surface area contributed by atoms with Gasteiger partial charge in [-0.25, -0.2) is 22.8 Å². The van der Waals surface area contributed by atoms with E-state index in [1.807, 2.05) is 4.72 Å². The number of para-hydroxylation sites is 1. The molecular weight excluding hydrogens is 567 g/mol. The van der Waals surface area contributed by atoms with Gasteiger partial charge in [-0.2, -0.15) is 23.1 Å². The predicted octanol–water partition coefficient (Wildman–Crippen LogP) is 2.22. The summed E-state index contributed by atoms with van der Waals surface area (Å²) in [6, 6.07) is 8.66. The molecule has 0 saturated heterocycles. The molecule has 39 heavy (non-hydrogen) atoms. The van der Waals surface area contributed by atoms with Crippen LogP contribution in [0, 0.1) is 6.92 Å². The Morgan fingerprint density at radius 3 is 2.49 bits per heavy atom. The first-order chi connectivity index (χ1) is 18.2. The van der Waals surface area contributed by atoms with Crippen molar-refractivity contribution >= 4 is 39.1 Å². The molecule has 0 saturated carbocycles. The highest BCUT2D eigenvalue weighted by molar-refractivity contribution is 7.89. The summed E-state index contributed by atoms with van der Waals surface area (Å²) in [5.41, 5.74) is 0.186. The van der Waals surface area contributed by atoms with Crippen molar-refractivity contribution in [1.29, 1.82) is 0 Å². The average Bonchev–Trinajstić information content (AvgIpc) is 3.47. The first-order valence-electron chi connectivity index (χ1n) is 10.7. The molecule has 0 atom stereocenters. The van der Waals surface area contributed by atoms with Gasteiger partial charge in [-0.1, -0.05) is 23.7 Å². The number of rotatable bonds is 7. The number of nitrogens with one attached hydrogen (secondary N) is 2. The Balaban J connectivity index is 1.73. The van der Waals surface area contributed by atoms with Crippen molar-refractivity contribution in [2.75, 3.05) is 11.6 Å². The number of carbonyl (C=O) groups is 2. The number of hydrogen-bond donors (Lipinski definition) is 2. The molecule has 2 N–H and O–H groups in total. The third-order valence-electron chi connectivity index (χ3n) is 4.98. The van der Waals surface area contributed by atoms with Crippen LogP contribution < -0.4 is 10.0 Å². The topological polar surface area (TPSA) is 167 Å². The molecule has 0 unspecified atom stereocenters. The van der Waals surface area contributed by atoms with Gasteiger partial charge in [0.15, 0.2) is 5.82 Å². The van der Waals surface area contributed by atoms with Crippen molar-refractivity contribution in [2.45, 2.75) is 19.6 Å². The van der Waals surface area contributed by atoms with Crippen LogP contribution in [0.15, 0.2) is 42.6 Å². The van der Waals surface area contributed by atoms with Crippen LogP contribution >= 0.6 is 11.6 Å². The maximum Gasteiger partial charge on any atom is 0.455 e. The molecule has 204 valence electrons. The van der Waals surface area contributed by atoms with Crippen LogP contribution in [0.2, 0.25) is 5.02 Å². The Morgan fingerprint density at radius 1 is 1.10 bits per heavy atom. The average molecular weight is 584 g/mol. The number of pyridine rings is 1. The summed E-state index contributed by atoms with van der Waals surface area (Å²) in [6.45, 7) is 1.19. The minimum Gasteiger partial charge on any atom is -0.320 e. The summed E-state index contributed by atoms with van der Waals surface area (Å²) in [5, 5.41) is 16.5. The van der Waals surface area contributed by atoms with Crippen molar-refractivity contribution in [3.8, 4) is 5.82 Å². The highest BCUT2D eigenvalue weighted by Gasteiger charge is 2.37. The Morgan fingerprint density at radius 2 is 1.85 bits per heavy atom. The summed E-state index contributed by atoms with van der Waals surface area (Å²) in [4.78, 5) is 30.8. The van der Waals surface area contributed by atoms with Crippen molar-refractivity contribution in [2.24, 2.45) is 0 Å². The highest BCUT2D eigenvalue weighted by Crippen LogP contribution is 2.26. The molecule has 0 aliphatic heterocycles. The molecule has 0 aliphatic carbocycles. The molecular formula is C21H17ClF3N9O4S. The van der Waals surface area contributed by atoms with E-state index in [-0.39, 0.29) is 33.5 Å². The van der Waals surface area contributed by atoms with E-state index in [9.17, 15) is 31.2 Å². The number of alkyl halides is 3. The molecule has 3 heterocycles. The number of amides is 2. The van der Waals surface area contributed by atoms with Crippen molar-refractivity contribution in [1.82, 2.24) is 39.7 Å². The summed E-state index contributed by atoms with van der Waals surface area (Å²) in [7, 11) is -3.90. The molecule has 0 bridgehead atoms. The van der Waals surface area contributed by atoms with Crippen LogP contribution in [-0.4, -0.2) is 61.5 Å². The largest absolute Gasteiger partial charge is 0.455 e. The van der Waals surface area contributed by atoms with Gasteiger partial charge < -0.3 is 5.32 Å². The minimum atomic E-state index is -4.81. The molecule has 3 aromatic heterocycles. The fourth-order valence-corrected chi connectivity index (χ4v) is 4.00. The molecule has 13 nitrogen and oxygen atoms in total. The van der Waals surface area contributed by atoms with Gasteiger partial charge in [0.2, 0.25) is 10.0 Å². The standard InChI is InChI=1S/C21H17ClF3N9O4S/c1-11-5-3-6-13(18(35)31-39(2,37)38)16(11)27-19(36)15-9-12(10-33-30-20(28-32-33)21(23,24)25)29-34(15)17-14(22)7-4-8-26-17/h3-9H,10H2,1-2H3,(H,27,36)(H,31,35). The Labute approximate surface area is 223 Å². The molecule has 18 heteroatoms. The summed E-state index contributed by atoms with van der Waals surface area (Å²) < 4.78 is 64.6. The Bertz CT molecular complexity index is 1690. The van der Waals surface area contributed by atoms with Crippen LogP contribution in [0.5, 0.6) is 0 Å². The van der Waals surface area contributed by atoms with E-state index in [2.05, 4.69) is 30.8 Å². The number of sulfonamides is 1. The lowest BCUT2D eigenvalue weighted by atomic mass is 10.1. The maximum atomic E-state index is 13.4. The second-order valence-electron chi connectivity index (χ2n) is 8.04. The molecule has 0 aliphatic rings. The van der Waals surface area contributed by atoms with E-state index < -0.39 is 40.4 Å². The van der Waals surface area contributed by atoms with Gasteiger partial charge in [0, 0.05) is 6.20 Å². The lowest BCUT2D eigenvalue weighted by Gasteiger charge is -2.14. The van der Waals surface area contributed by atoms with E-state index in [1.165, 1.54) is 36.5 Å². The molecule has 1 aromatic carbocycles. The van der Waals surface area contributed by atoms with Gasteiger partial charge >= 0.3 is 6.18 Å². The number of halogens is 4. The first kappa shape index (κ1) is 27.6. The number of nitrogens with zero attached hydrogens (tertiary/aromatic N) is 7. The Kier molecular flexibility index (Phi) is 7.38. The zero-order chi connectivity index (χ0) is 28.5. The number of aryl methyl sites for hydroxylation is 1. The lowest BCUT2D eigenvalue weighted by Crippen LogP contribution is -2.30. The minimum absolute atomic E-state index is 0.0119. The third kappa shape index (κ3) is 6.37. The second kappa shape index (κ2) is 10.4. The zero-order valence-corrected chi connectivity index (χ0v) is 21.5. The molecule has 2 amide bonds. The normalized spacial score (nSPS) is 11.8. The number of carbonyl (C=O) groups excluding carboxylic acids is 2. The number of tetrazole rings is 1. The monoisotopic (exact) mass is 583 g/mol. The van der Waals surface area contributed by atoms with Gasteiger partial charge in [-0.15, -0.1) is 10.2 Å². The van der Waals surface area contributed by atoms with Gasteiger partial charge in [0.05, 0.1) is 28.2 Å². The van der Waals surface area contributed by atoms with E-state index in [1.54, 1.807) is 13.0 Å². The van der Waals surface area contributed by atoms with Crippen LogP contribution in [0.4, 0.5) is 18.9 Å². The molecule has 4 rings (SSSR count). The maximum absolute atomic E-state index is 13.4. The molecule has 0 fully saturated rings. The summed E-state index contributed by atoms with van der Waals surface area (Å²) in [6.07, 6.45) is -2.62. The van der Waals surface area contributed by atoms with Gasteiger partial charge in [-0.05, 0) is 42.0 Å². The number of benzene rings is 1. The quantitative estimate of drug-likeness (QED) is 0.331. The van der Waals surface area contributed by atoms with Gasteiger partial charge in [-0.3, -0.25) is 9.59 Å². The van der Waals surface area contributed by atoms with E-state index in [4.69, 9.17) is 11.6 Å². The molecule has 4 aromatic rings. The van der Waals surface area contributed by atoms with Crippen LogP contribution in [0.1, 0.15) is 37.9 Å². The van der Waals surface area contributed by atoms with Gasteiger partial charge in [0.1, 0.15) is 12.2 Å². The fourth-order valence-electron chi connectivity index (χ4n) is 3.36.